The van der Waals surface area contributed by atoms with Gasteiger partial charge in [-0.3, -0.25) is 9.48 Å². The minimum atomic E-state index is -0.630. The van der Waals surface area contributed by atoms with Crippen LogP contribution in [0.3, 0.4) is 0 Å². The van der Waals surface area contributed by atoms with Gasteiger partial charge in [0.05, 0.1) is 11.9 Å². The van der Waals surface area contributed by atoms with Gasteiger partial charge in [0.2, 0.25) is 5.91 Å². The molecular weight excluding hydrogens is 256 g/mol. The molecule has 2 N–H and O–H groups in total. The number of aromatic nitrogens is 2. The molecule has 1 aliphatic rings. The van der Waals surface area contributed by atoms with Gasteiger partial charge in [0.1, 0.15) is 18.4 Å². The van der Waals surface area contributed by atoms with Crippen LogP contribution in [0.25, 0.3) is 11.1 Å². The highest BCUT2D eigenvalue weighted by Crippen LogP contribution is 2.34. The molecule has 1 aromatic heterocycles. The Kier molecular flexibility index (Phi) is 2.94. The predicted molar refractivity (Wildman–Crippen MR) is 75.5 cm³/mol. The second kappa shape index (κ2) is 4.64. The largest absolute Gasteiger partial charge is 0.489 e. The molecule has 0 saturated heterocycles. The normalized spacial score (nSPS) is 18.4. The number of benzene rings is 1. The lowest BCUT2D eigenvalue weighted by atomic mass is 10.1. The van der Waals surface area contributed by atoms with E-state index in [0.29, 0.717) is 5.75 Å². The van der Waals surface area contributed by atoms with Gasteiger partial charge in [0, 0.05) is 25.9 Å². The first-order valence-corrected chi connectivity index (χ1v) is 6.35. The number of hydrogen-bond donors (Lipinski definition) is 1. The van der Waals surface area contributed by atoms with Crippen molar-refractivity contribution in [2.45, 2.75) is 6.04 Å². The van der Waals surface area contributed by atoms with Crippen molar-refractivity contribution in [3.05, 3.63) is 30.6 Å². The summed E-state index contributed by atoms with van der Waals surface area (Å²) in [6.45, 7) is 0.197. The maximum Gasteiger partial charge on any atom is 0.247 e. The SMILES string of the molecule is CN1C(=O)[C@@H](N)COc2ccc(-c3cnn(C)c3)cc21. The van der Waals surface area contributed by atoms with Crippen molar-refractivity contribution in [3.63, 3.8) is 0 Å². The van der Waals surface area contributed by atoms with Crippen LogP contribution in [-0.2, 0) is 11.8 Å². The molecule has 0 saturated carbocycles. The minimum absolute atomic E-state index is 0.146. The van der Waals surface area contributed by atoms with E-state index in [4.69, 9.17) is 10.5 Å². The van der Waals surface area contributed by atoms with Gasteiger partial charge in [0.25, 0.3) is 0 Å². The molecule has 0 radical (unpaired) electrons. The zero-order chi connectivity index (χ0) is 14.3. The molecular formula is C14H16N4O2. The van der Waals surface area contributed by atoms with Crippen molar-refractivity contribution in [1.29, 1.82) is 0 Å². The van der Waals surface area contributed by atoms with E-state index in [1.54, 1.807) is 22.8 Å². The van der Waals surface area contributed by atoms with Gasteiger partial charge >= 0.3 is 0 Å². The smallest absolute Gasteiger partial charge is 0.247 e. The molecule has 6 heteroatoms. The van der Waals surface area contributed by atoms with Gasteiger partial charge in [-0.05, 0) is 17.7 Å². The molecule has 6 nitrogen and oxygen atoms in total. The summed E-state index contributed by atoms with van der Waals surface area (Å²) in [7, 11) is 3.58. The van der Waals surface area contributed by atoms with Gasteiger partial charge < -0.3 is 15.4 Å². The predicted octanol–water partition coefficient (Wildman–Crippen LogP) is 0.770. The Morgan fingerprint density at radius 1 is 1.35 bits per heavy atom. The zero-order valence-electron chi connectivity index (χ0n) is 11.4. The Balaban J connectivity index is 2.06. The number of rotatable bonds is 1. The lowest BCUT2D eigenvalue weighted by Gasteiger charge is -2.18. The van der Waals surface area contributed by atoms with Crippen LogP contribution in [-0.4, -0.2) is 35.4 Å². The topological polar surface area (TPSA) is 73.4 Å². The molecule has 2 aromatic rings. The number of carbonyl (C=O) groups is 1. The fraction of sp³-hybridized carbons (Fsp3) is 0.286. The fourth-order valence-corrected chi connectivity index (χ4v) is 2.27. The average molecular weight is 272 g/mol. The molecule has 2 heterocycles. The van der Waals surface area contributed by atoms with Gasteiger partial charge in [-0.25, -0.2) is 0 Å². The van der Waals surface area contributed by atoms with Gasteiger partial charge in [-0.15, -0.1) is 0 Å². The maximum atomic E-state index is 12.1. The number of aryl methyl sites for hydroxylation is 1. The standard InChI is InChI=1S/C14H16N4O2/c1-17-7-10(6-16-17)9-3-4-13-12(5-9)18(2)14(19)11(15)8-20-13/h3-7,11H,8,15H2,1-2H3/t11-/m0/s1. The van der Waals surface area contributed by atoms with E-state index >= 15 is 0 Å². The third-order valence-electron chi connectivity index (χ3n) is 3.42. The van der Waals surface area contributed by atoms with Gasteiger partial charge in [-0.2, -0.15) is 5.10 Å². The van der Waals surface area contributed by atoms with E-state index in [1.807, 2.05) is 31.4 Å². The van der Waals surface area contributed by atoms with E-state index in [0.717, 1.165) is 16.8 Å². The molecule has 1 aromatic carbocycles. The second-order valence-corrected chi connectivity index (χ2v) is 4.90. The molecule has 0 fully saturated rings. The molecule has 1 atom stereocenters. The van der Waals surface area contributed by atoms with Crippen molar-refractivity contribution < 1.29 is 9.53 Å². The van der Waals surface area contributed by atoms with E-state index in [-0.39, 0.29) is 12.5 Å². The third kappa shape index (κ3) is 2.04. The summed E-state index contributed by atoms with van der Waals surface area (Å²) in [4.78, 5) is 13.6. The Morgan fingerprint density at radius 2 is 2.15 bits per heavy atom. The number of hydrogen-bond acceptors (Lipinski definition) is 4. The average Bonchev–Trinajstić information content (AvgIpc) is 2.85. The number of fused-ring (bicyclic) bond motifs is 1. The van der Waals surface area contributed by atoms with Gasteiger partial charge in [0.15, 0.2) is 0 Å². The third-order valence-corrected chi connectivity index (χ3v) is 3.42. The number of ether oxygens (including phenoxy) is 1. The molecule has 0 unspecified atom stereocenters. The molecule has 20 heavy (non-hydrogen) atoms. The van der Waals surface area contributed by atoms with Crippen molar-refractivity contribution in [2.75, 3.05) is 18.6 Å². The van der Waals surface area contributed by atoms with Crippen LogP contribution in [0.4, 0.5) is 5.69 Å². The van der Waals surface area contributed by atoms with Crippen LogP contribution < -0.4 is 15.4 Å². The molecule has 0 bridgehead atoms. The summed E-state index contributed by atoms with van der Waals surface area (Å²) in [5.74, 6) is 0.522. The Labute approximate surface area is 116 Å². The van der Waals surface area contributed by atoms with E-state index in [2.05, 4.69) is 5.10 Å². The van der Waals surface area contributed by atoms with E-state index in [1.165, 1.54) is 0 Å². The highest BCUT2D eigenvalue weighted by atomic mass is 16.5. The van der Waals surface area contributed by atoms with Crippen LogP contribution >= 0.6 is 0 Å². The Hall–Kier alpha value is -2.34. The molecule has 0 spiro atoms. The zero-order valence-corrected chi connectivity index (χ0v) is 11.4. The van der Waals surface area contributed by atoms with Crippen molar-refractivity contribution in [1.82, 2.24) is 9.78 Å². The molecule has 1 amide bonds. The number of likely N-dealkylation sites (N-methyl/N-ethyl adjacent to an activating group) is 1. The summed E-state index contributed by atoms with van der Waals surface area (Å²) in [5, 5.41) is 4.15. The van der Waals surface area contributed by atoms with Crippen LogP contribution in [0.15, 0.2) is 30.6 Å². The molecule has 3 rings (SSSR count). The second-order valence-electron chi connectivity index (χ2n) is 4.90. The molecule has 104 valence electrons. The maximum absolute atomic E-state index is 12.1. The van der Waals surface area contributed by atoms with Crippen molar-refractivity contribution in [2.24, 2.45) is 12.8 Å². The first kappa shape index (κ1) is 12.7. The van der Waals surface area contributed by atoms with Crippen LogP contribution in [0.5, 0.6) is 5.75 Å². The monoisotopic (exact) mass is 272 g/mol. The lowest BCUT2D eigenvalue weighted by Crippen LogP contribution is -2.43. The fourth-order valence-electron chi connectivity index (χ4n) is 2.27. The van der Waals surface area contributed by atoms with Gasteiger partial charge in [-0.1, -0.05) is 6.07 Å². The van der Waals surface area contributed by atoms with Crippen molar-refractivity contribution >= 4 is 11.6 Å². The quantitative estimate of drug-likeness (QED) is 0.832. The van der Waals surface area contributed by atoms with Crippen LogP contribution in [0, 0.1) is 0 Å². The number of nitrogens with zero attached hydrogens (tertiary/aromatic N) is 3. The van der Waals surface area contributed by atoms with Crippen LogP contribution in [0.1, 0.15) is 0 Å². The molecule has 0 aliphatic carbocycles. The number of amides is 1. The Morgan fingerprint density at radius 3 is 2.85 bits per heavy atom. The first-order chi connectivity index (χ1) is 9.56. The summed E-state index contributed by atoms with van der Waals surface area (Å²) < 4.78 is 7.33. The van der Waals surface area contributed by atoms with E-state index in [9.17, 15) is 4.79 Å². The highest BCUT2D eigenvalue weighted by molar-refractivity contribution is 5.99. The summed E-state index contributed by atoms with van der Waals surface area (Å²) in [5.41, 5.74) is 8.47. The number of carbonyl (C=O) groups excluding carboxylic acids is 1. The van der Waals surface area contributed by atoms with Crippen molar-refractivity contribution in [3.8, 4) is 16.9 Å². The summed E-state index contributed by atoms with van der Waals surface area (Å²) in [6.07, 6.45) is 3.71. The lowest BCUT2D eigenvalue weighted by molar-refractivity contribution is -0.119. The van der Waals surface area contributed by atoms with Crippen LogP contribution in [0.2, 0.25) is 0 Å². The summed E-state index contributed by atoms with van der Waals surface area (Å²) >= 11 is 0. The number of nitrogens with two attached hydrogens (primary N) is 1. The minimum Gasteiger partial charge on any atom is -0.489 e. The first-order valence-electron chi connectivity index (χ1n) is 6.35. The van der Waals surface area contributed by atoms with E-state index < -0.39 is 6.04 Å². The Bertz CT molecular complexity index is 665. The highest BCUT2D eigenvalue weighted by Gasteiger charge is 2.26. The number of anilines is 1. The summed E-state index contributed by atoms with van der Waals surface area (Å²) in [6, 6.07) is 5.10. The molecule has 1 aliphatic heterocycles.